The van der Waals surface area contributed by atoms with Crippen molar-refractivity contribution >= 4 is 29.6 Å². The molecule has 0 aromatic heterocycles. The minimum atomic E-state index is -0.811. The van der Waals surface area contributed by atoms with Crippen molar-refractivity contribution in [3.8, 4) is 12.3 Å². The van der Waals surface area contributed by atoms with Crippen LogP contribution in [0.5, 0.6) is 0 Å². The fourth-order valence-corrected chi connectivity index (χ4v) is 6.17. The number of terminal acetylenes is 1. The largest absolute Gasteiger partial charge is 0.337 e. The Bertz CT molecular complexity index is 1220. The van der Waals surface area contributed by atoms with Crippen LogP contribution >= 0.6 is 11.8 Å². The minimum absolute atomic E-state index is 0.0829. The number of carbonyl (C=O) groups is 3. The van der Waals surface area contributed by atoms with Gasteiger partial charge < -0.3 is 15.1 Å². The highest BCUT2D eigenvalue weighted by molar-refractivity contribution is 8.03. The van der Waals surface area contributed by atoms with Crippen LogP contribution < -0.4 is 5.32 Å². The Balaban J connectivity index is 1.46. The van der Waals surface area contributed by atoms with Gasteiger partial charge in [-0.1, -0.05) is 72.7 Å². The van der Waals surface area contributed by atoms with Gasteiger partial charge >= 0.3 is 6.03 Å². The molecule has 0 aliphatic carbocycles. The quantitative estimate of drug-likeness (QED) is 0.558. The van der Waals surface area contributed by atoms with Gasteiger partial charge in [-0.2, -0.15) is 5.01 Å². The molecular weight excluding hydrogens is 498 g/mol. The maximum atomic E-state index is 13.9. The van der Waals surface area contributed by atoms with Gasteiger partial charge in [-0.25, -0.2) is 9.80 Å². The Morgan fingerprint density at radius 1 is 1.08 bits per heavy atom. The Hall–Kier alpha value is -3.74. The lowest BCUT2D eigenvalue weighted by molar-refractivity contribution is -0.189. The molecule has 0 spiro atoms. The SMILES string of the molecule is C#CCN1CC(=O)N2[C@@H](c3ccccc3)C(=O)N(CCC3CC=CS3)C[C@@H]2N1C(=O)NCc1ccccc1. The van der Waals surface area contributed by atoms with Crippen LogP contribution in [0.25, 0.3) is 0 Å². The first-order valence-electron chi connectivity index (χ1n) is 12.8. The molecule has 3 aliphatic heterocycles. The van der Waals surface area contributed by atoms with Crippen molar-refractivity contribution in [1.82, 2.24) is 25.1 Å². The van der Waals surface area contributed by atoms with E-state index in [1.807, 2.05) is 65.6 Å². The Morgan fingerprint density at radius 2 is 1.82 bits per heavy atom. The number of urea groups is 1. The zero-order valence-electron chi connectivity index (χ0n) is 21.1. The van der Waals surface area contributed by atoms with Gasteiger partial charge in [-0.15, -0.1) is 18.2 Å². The van der Waals surface area contributed by atoms with Crippen LogP contribution in [0.3, 0.4) is 0 Å². The van der Waals surface area contributed by atoms with Crippen LogP contribution in [0, 0.1) is 12.3 Å². The van der Waals surface area contributed by atoms with Gasteiger partial charge in [0, 0.05) is 18.3 Å². The number of rotatable bonds is 7. The van der Waals surface area contributed by atoms with Gasteiger partial charge in [0.1, 0.15) is 12.2 Å². The maximum absolute atomic E-state index is 13.9. The van der Waals surface area contributed by atoms with Crippen LogP contribution in [0.4, 0.5) is 4.79 Å². The molecule has 3 aliphatic rings. The molecule has 4 amide bonds. The van der Waals surface area contributed by atoms with E-state index in [1.54, 1.807) is 26.7 Å². The van der Waals surface area contributed by atoms with Crippen LogP contribution in [0.15, 0.2) is 72.1 Å². The molecule has 2 fully saturated rings. The van der Waals surface area contributed by atoms with Gasteiger partial charge in [0.2, 0.25) is 11.8 Å². The Kier molecular flexibility index (Phi) is 8.01. The number of allylic oxidation sites excluding steroid dienone is 1. The van der Waals surface area contributed by atoms with Crippen LogP contribution in [0.2, 0.25) is 0 Å². The second kappa shape index (κ2) is 11.8. The Labute approximate surface area is 227 Å². The first-order chi connectivity index (χ1) is 18.6. The molecule has 0 saturated carbocycles. The van der Waals surface area contributed by atoms with E-state index in [2.05, 4.69) is 22.7 Å². The first-order valence-corrected chi connectivity index (χ1v) is 13.8. The molecule has 1 unspecified atom stereocenters. The summed E-state index contributed by atoms with van der Waals surface area (Å²) >= 11 is 1.78. The predicted octanol–water partition coefficient (Wildman–Crippen LogP) is 3.21. The zero-order valence-corrected chi connectivity index (χ0v) is 21.9. The highest BCUT2D eigenvalue weighted by Gasteiger charge is 2.51. The van der Waals surface area contributed by atoms with Crippen LogP contribution in [0.1, 0.15) is 30.0 Å². The highest BCUT2D eigenvalue weighted by atomic mass is 32.2. The summed E-state index contributed by atoms with van der Waals surface area (Å²) in [5, 5.41) is 8.67. The zero-order chi connectivity index (χ0) is 26.5. The predicted molar refractivity (Wildman–Crippen MR) is 147 cm³/mol. The molecule has 2 aromatic carbocycles. The van der Waals surface area contributed by atoms with Gasteiger partial charge in [0.05, 0.1) is 19.6 Å². The van der Waals surface area contributed by atoms with Gasteiger partial charge in [0.25, 0.3) is 0 Å². The van der Waals surface area contributed by atoms with Crippen molar-refractivity contribution in [2.24, 2.45) is 0 Å². The van der Waals surface area contributed by atoms with E-state index in [9.17, 15) is 14.4 Å². The molecule has 0 radical (unpaired) electrons. The van der Waals surface area contributed by atoms with Crippen molar-refractivity contribution < 1.29 is 14.4 Å². The van der Waals surface area contributed by atoms with E-state index in [0.29, 0.717) is 18.3 Å². The lowest BCUT2D eigenvalue weighted by Crippen LogP contribution is -2.74. The number of carbonyl (C=O) groups excluding carboxylic acids is 3. The lowest BCUT2D eigenvalue weighted by atomic mass is 9.98. The van der Waals surface area contributed by atoms with Gasteiger partial charge in [-0.3, -0.25) is 9.59 Å². The number of amides is 4. The molecule has 196 valence electrons. The van der Waals surface area contributed by atoms with Gasteiger partial charge in [-0.05, 0) is 29.4 Å². The molecule has 9 heteroatoms. The summed E-state index contributed by atoms with van der Waals surface area (Å²) in [6, 6.07) is 17.8. The van der Waals surface area contributed by atoms with E-state index in [-0.39, 0.29) is 37.5 Å². The molecule has 2 saturated heterocycles. The average Bonchev–Trinajstić information content (AvgIpc) is 3.46. The average molecular weight is 530 g/mol. The lowest BCUT2D eigenvalue weighted by Gasteiger charge is -2.55. The summed E-state index contributed by atoms with van der Waals surface area (Å²) in [4.78, 5) is 44.5. The Morgan fingerprint density at radius 3 is 2.50 bits per heavy atom. The summed E-state index contributed by atoms with van der Waals surface area (Å²) in [7, 11) is 0. The summed E-state index contributed by atoms with van der Waals surface area (Å²) in [6.45, 7) is 1.12. The second-order valence-electron chi connectivity index (χ2n) is 9.55. The van der Waals surface area contributed by atoms with Gasteiger partial charge in [0.15, 0.2) is 0 Å². The minimum Gasteiger partial charge on any atom is -0.337 e. The third-order valence-corrected chi connectivity index (χ3v) is 8.25. The van der Waals surface area contributed by atoms with Crippen molar-refractivity contribution in [3.05, 3.63) is 83.3 Å². The molecule has 38 heavy (non-hydrogen) atoms. The van der Waals surface area contributed by atoms with E-state index in [0.717, 1.165) is 24.0 Å². The number of nitrogens with zero attached hydrogens (tertiary/aromatic N) is 4. The molecule has 5 rings (SSSR count). The van der Waals surface area contributed by atoms with Crippen LogP contribution in [-0.2, 0) is 16.1 Å². The number of hydrogen-bond donors (Lipinski definition) is 1. The van der Waals surface area contributed by atoms with Crippen LogP contribution in [-0.4, -0.2) is 75.3 Å². The smallest absolute Gasteiger partial charge is 0.334 e. The maximum Gasteiger partial charge on any atom is 0.334 e. The molecular formula is C29H31N5O3S. The fourth-order valence-electron chi connectivity index (χ4n) is 5.26. The summed E-state index contributed by atoms with van der Waals surface area (Å²) < 4.78 is 0. The summed E-state index contributed by atoms with van der Waals surface area (Å²) in [5.74, 6) is 2.23. The first kappa shape index (κ1) is 25.9. The molecule has 2 aromatic rings. The fraction of sp³-hybridized carbons (Fsp3) is 0.345. The van der Waals surface area contributed by atoms with Crippen molar-refractivity contribution in [2.45, 2.75) is 36.8 Å². The number of hydrazine groups is 1. The molecule has 3 atom stereocenters. The third kappa shape index (κ3) is 5.42. The van der Waals surface area contributed by atoms with Crippen molar-refractivity contribution in [2.75, 3.05) is 26.2 Å². The van der Waals surface area contributed by atoms with E-state index in [4.69, 9.17) is 6.42 Å². The molecule has 8 nitrogen and oxygen atoms in total. The van der Waals surface area contributed by atoms with Crippen molar-refractivity contribution in [3.63, 3.8) is 0 Å². The highest BCUT2D eigenvalue weighted by Crippen LogP contribution is 2.35. The number of piperazine rings is 1. The molecule has 3 heterocycles. The normalized spacial score (nSPS) is 23.3. The standard InChI is InChI=1S/C29H31N5O3S/c1-2-16-32-21-26(35)33-25(34(32)29(37)30-19-22-10-5-3-6-11-22)20-31(17-15-24-14-9-18-38-24)28(36)27(33)23-12-7-4-8-13-23/h1,3-13,18,24-25,27H,14-17,19-21H2,(H,30,37)/t24?,25-,27-/m0/s1. The monoisotopic (exact) mass is 529 g/mol. The molecule has 1 N–H and O–H groups in total. The number of benzene rings is 2. The number of nitrogens with one attached hydrogen (secondary N) is 1. The number of hydrogen-bond acceptors (Lipinski definition) is 5. The van der Waals surface area contributed by atoms with E-state index >= 15 is 0 Å². The number of thioether (sulfide) groups is 1. The van der Waals surface area contributed by atoms with E-state index < -0.39 is 12.2 Å². The third-order valence-electron chi connectivity index (χ3n) is 7.09. The molecule has 0 bridgehead atoms. The topological polar surface area (TPSA) is 76.2 Å². The summed E-state index contributed by atoms with van der Waals surface area (Å²) in [6.07, 6.45) is 8.92. The van der Waals surface area contributed by atoms with E-state index in [1.165, 1.54) is 0 Å². The van der Waals surface area contributed by atoms with Crippen molar-refractivity contribution in [1.29, 1.82) is 0 Å². The summed E-state index contributed by atoms with van der Waals surface area (Å²) in [5.41, 5.74) is 1.69. The second-order valence-corrected chi connectivity index (χ2v) is 10.8. The number of fused-ring (bicyclic) bond motifs is 1.